The Morgan fingerprint density at radius 2 is 1.78 bits per heavy atom. The van der Waals surface area contributed by atoms with Gasteiger partial charge < -0.3 is 33.7 Å². The molecular formula is C38H52N2O8S. The van der Waals surface area contributed by atoms with E-state index in [1.54, 1.807) is 31.4 Å². The molecule has 49 heavy (non-hydrogen) atoms. The van der Waals surface area contributed by atoms with Gasteiger partial charge in [0.1, 0.15) is 12.4 Å². The van der Waals surface area contributed by atoms with E-state index in [9.17, 15) is 13.5 Å². The van der Waals surface area contributed by atoms with Crippen LogP contribution in [0.15, 0.2) is 71.6 Å². The van der Waals surface area contributed by atoms with Crippen LogP contribution in [0.1, 0.15) is 54.9 Å². The van der Waals surface area contributed by atoms with Crippen molar-refractivity contribution in [2.75, 3.05) is 64.7 Å². The fourth-order valence-corrected chi connectivity index (χ4v) is 8.26. The quantitative estimate of drug-likeness (QED) is 0.188. The summed E-state index contributed by atoms with van der Waals surface area (Å²) >= 11 is 0. The number of fused-ring (bicyclic) bond motifs is 1. The van der Waals surface area contributed by atoms with Crippen molar-refractivity contribution in [3.63, 3.8) is 0 Å². The number of piperidine rings is 1. The van der Waals surface area contributed by atoms with Crippen molar-refractivity contribution in [1.82, 2.24) is 4.31 Å². The lowest BCUT2D eigenvalue weighted by Crippen LogP contribution is -2.53. The van der Waals surface area contributed by atoms with Crippen molar-refractivity contribution in [2.45, 2.75) is 75.9 Å². The largest absolute Gasteiger partial charge is 0.490 e. The predicted molar refractivity (Wildman–Crippen MR) is 190 cm³/mol. The summed E-state index contributed by atoms with van der Waals surface area (Å²) in [5, 5.41) is 10.5. The summed E-state index contributed by atoms with van der Waals surface area (Å²) in [5.74, 6) is 0.710. The lowest BCUT2D eigenvalue weighted by molar-refractivity contribution is -0.0268. The van der Waals surface area contributed by atoms with Crippen LogP contribution < -0.4 is 9.64 Å². The second-order valence-corrected chi connectivity index (χ2v) is 14.8. The summed E-state index contributed by atoms with van der Waals surface area (Å²) < 4.78 is 58.7. The van der Waals surface area contributed by atoms with E-state index >= 15 is 0 Å². The van der Waals surface area contributed by atoms with Gasteiger partial charge in [-0.1, -0.05) is 48.0 Å². The fraction of sp³-hybridized carbons (Fsp3) is 0.526. The summed E-state index contributed by atoms with van der Waals surface area (Å²) in [6.07, 6.45) is 0.900. The van der Waals surface area contributed by atoms with E-state index in [4.69, 9.17) is 23.7 Å². The molecule has 11 heteroatoms. The highest BCUT2D eigenvalue weighted by atomic mass is 32.2. The molecule has 0 amide bonds. The summed E-state index contributed by atoms with van der Waals surface area (Å²) in [4.78, 5) is 2.52. The number of hydrogen-bond acceptors (Lipinski definition) is 9. The van der Waals surface area contributed by atoms with Crippen LogP contribution in [-0.4, -0.2) is 95.9 Å². The van der Waals surface area contributed by atoms with Crippen molar-refractivity contribution in [2.24, 2.45) is 0 Å². The zero-order valence-corrected chi connectivity index (χ0v) is 30.1. The first-order valence-corrected chi connectivity index (χ1v) is 18.8. The second-order valence-electron chi connectivity index (χ2n) is 12.9. The monoisotopic (exact) mass is 696 g/mol. The van der Waals surface area contributed by atoms with Crippen LogP contribution >= 0.6 is 0 Å². The Labute approximate surface area is 291 Å². The summed E-state index contributed by atoms with van der Waals surface area (Å²) in [7, 11) is -2.17. The molecule has 3 aromatic carbocycles. The van der Waals surface area contributed by atoms with Crippen molar-refractivity contribution >= 4 is 15.7 Å². The van der Waals surface area contributed by atoms with Crippen molar-refractivity contribution < 1.29 is 37.2 Å². The van der Waals surface area contributed by atoms with Crippen LogP contribution in [0.3, 0.4) is 0 Å². The first-order chi connectivity index (χ1) is 23.7. The third-order valence-corrected chi connectivity index (χ3v) is 11.2. The highest BCUT2D eigenvalue weighted by Crippen LogP contribution is 2.38. The molecule has 2 aliphatic heterocycles. The number of methoxy groups -OCH3 is 1. The van der Waals surface area contributed by atoms with Crippen LogP contribution in [0.4, 0.5) is 5.69 Å². The number of benzene rings is 3. The van der Waals surface area contributed by atoms with Gasteiger partial charge in [0.05, 0.1) is 55.8 Å². The van der Waals surface area contributed by atoms with Crippen molar-refractivity contribution in [3.8, 4) is 5.75 Å². The number of aliphatic hydroxyl groups is 1. The number of nitrogens with zero attached hydrogens (tertiary/aromatic N) is 2. The summed E-state index contributed by atoms with van der Waals surface area (Å²) in [6, 6.07) is 20.6. The molecule has 0 bridgehead atoms. The Hall–Kier alpha value is -3.03. The maximum atomic E-state index is 14.0. The molecule has 1 N–H and O–H groups in total. The Morgan fingerprint density at radius 3 is 2.49 bits per heavy atom. The zero-order chi connectivity index (χ0) is 34.8. The van der Waals surface area contributed by atoms with E-state index in [0.717, 1.165) is 53.2 Å². The molecule has 3 aromatic rings. The third-order valence-electron chi connectivity index (χ3n) is 9.28. The SMILES string of the molecule is CCO[C@H](C)COCc1ccc([C@H]2C[C@@H](CO)N(S(=O)(=O)c3ccc(C)cc3)C[C@@H]2OCc2ccc3c(c2)N(CCCOC)CCO3)cc1. The first kappa shape index (κ1) is 37.2. The van der Waals surface area contributed by atoms with E-state index in [2.05, 4.69) is 23.1 Å². The minimum absolute atomic E-state index is 0.0281. The molecule has 1 saturated heterocycles. The predicted octanol–water partition coefficient (Wildman–Crippen LogP) is 5.30. The normalized spacial score (nSPS) is 20.5. The third kappa shape index (κ3) is 9.61. The topological polar surface area (TPSA) is 107 Å². The molecule has 0 unspecified atom stereocenters. The summed E-state index contributed by atoms with van der Waals surface area (Å²) in [5.41, 5.74) is 5.05. The Kier molecular flexibility index (Phi) is 13.5. The summed E-state index contributed by atoms with van der Waals surface area (Å²) in [6.45, 7) is 10.6. The molecule has 2 aliphatic rings. The van der Waals surface area contributed by atoms with Crippen LogP contribution in [0.25, 0.3) is 0 Å². The minimum atomic E-state index is -3.89. The molecule has 0 aromatic heterocycles. The van der Waals surface area contributed by atoms with Gasteiger partial charge in [0.2, 0.25) is 10.0 Å². The van der Waals surface area contributed by atoms with Crippen LogP contribution in [0.5, 0.6) is 5.75 Å². The second kappa shape index (κ2) is 17.8. The Morgan fingerprint density at radius 1 is 1.02 bits per heavy atom. The molecule has 0 aliphatic carbocycles. The molecule has 0 spiro atoms. The van der Waals surface area contributed by atoms with Gasteiger partial charge in [-0.25, -0.2) is 8.42 Å². The Balaban J connectivity index is 1.37. The number of anilines is 1. The molecule has 0 radical (unpaired) electrons. The van der Waals surface area contributed by atoms with Crippen molar-refractivity contribution in [1.29, 1.82) is 0 Å². The van der Waals surface area contributed by atoms with E-state index < -0.39 is 22.2 Å². The first-order valence-electron chi connectivity index (χ1n) is 17.3. The van der Waals surface area contributed by atoms with Gasteiger partial charge in [0.25, 0.3) is 0 Å². The van der Waals surface area contributed by atoms with Gasteiger partial charge in [-0.2, -0.15) is 4.31 Å². The lowest BCUT2D eigenvalue weighted by atomic mass is 9.84. The van der Waals surface area contributed by atoms with E-state index in [-0.39, 0.29) is 30.1 Å². The van der Waals surface area contributed by atoms with E-state index in [0.29, 0.717) is 46.1 Å². The number of rotatable bonds is 17. The molecule has 268 valence electrons. The van der Waals surface area contributed by atoms with Crippen LogP contribution in [0.2, 0.25) is 0 Å². The van der Waals surface area contributed by atoms with Gasteiger partial charge in [0.15, 0.2) is 0 Å². The van der Waals surface area contributed by atoms with Gasteiger partial charge in [-0.05, 0) is 74.6 Å². The van der Waals surface area contributed by atoms with Crippen LogP contribution in [0, 0.1) is 6.92 Å². The van der Waals surface area contributed by atoms with Gasteiger partial charge in [-0.15, -0.1) is 0 Å². The number of aliphatic hydroxyl groups excluding tert-OH is 1. The number of ether oxygens (including phenoxy) is 5. The molecule has 0 saturated carbocycles. The lowest BCUT2D eigenvalue weighted by Gasteiger charge is -2.42. The van der Waals surface area contributed by atoms with E-state index in [1.807, 2.05) is 45.0 Å². The average molecular weight is 697 g/mol. The number of sulfonamides is 1. The minimum Gasteiger partial charge on any atom is -0.490 e. The van der Waals surface area contributed by atoms with Gasteiger partial charge >= 0.3 is 0 Å². The molecule has 4 atom stereocenters. The fourth-order valence-electron chi connectivity index (χ4n) is 6.62. The van der Waals surface area contributed by atoms with Gasteiger partial charge in [-0.3, -0.25) is 0 Å². The molecular weight excluding hydrogens is 644 g/mol. The highest BCUT2D eigenvalue weighted by Gasteiger charge is 2.42. The molecule has 1 fully saturated rings. The average Bonchev–Trinajstić information content (AvgIpc) is 3.11. The van der Waals surface area contributed by atoms with Crippen molar-refractivity contribution in [3.05, 3.63) is 89.0 Å². The maximum absolute atomic E-state index is 14.0. The Bertz CT molecular complexity index is 1570. The van der Waals surface area contributed by atoms with Crippen LogP contribution in [-0.2, 0) is 42.2 Å². The zero-order valence-electron chi connectivity index (χ0n) is 29.3. The maximum Gasteiger partial charge on any atom is 0.243 e. The highest BCUT2D eigenvalue weighted by molar-refractivity contribution is 7.89. The van der Waals surface area contributed by atoms with Gasteiger partial charge in [0, 0.05) is 45.4 Å². The molecule has 2 heterocycles. The number of aryl methyl sites for hydroxylation is 1. The molecule has 5 rings (SSSR count). The standard InChI is InChI=1S/C38H52N2O8S/c1-5-46-29(3)25-45-26-30-9-12-32(13-10-30)35-22-33(24-41)40(49(42,43)34-14-7-28(2)8-15-34)23-38(35)48-27-31-11-16-37-36(21-31)39(18-20-47-37)17-6-19-44-4/h7-16,21,29,33,35,38,41H,5-6,17-20,22-27H2,1-4H3/t29-,33+,35-,38+/m1/s1. The smallest absolute Gasteiger partial charge is 0.243 e. The molecule has 10 nitrogen and oxygen atoms in total. The van der Waals surface area contributed by atoms with E-state index in [1.165, 1.54) is 4.31 Å². The number of hydrogen-bond donors (Lipinski definition) is 1.